The van der Waals surface area contributed by atoms with Crippen molar-refractivity contribution in [3.8, 4) is 0 Å². The molecule has 0 radical (unpaired) electrons. The van der Waals surface area contributed by atoms with E-state index >= 15 is 0 Å². The Kier molecular flexibility index (Phi) is 4.15. The van der Waals surface area contributed by atoms with Crippen LogP contribution in [0.5, 0.6) is 0 Å². The van der Waals surface area contributed by atoms with Gasteiger partial charge in [0, 0.05) is 12.0 Å². The Bertz CT molecular complexity index is 506. The van der Waals surface area contributed by atoms with Gasteiger partial charge in [-0.05, 0) is 25.2 Å². The van der Waals surface area contributed by atoms with Crippen LogP contribution in [0, 0.1) is 0 Å². The molecule has 0 saturated carbocycles. The van der Waals surface area contributed by atoms with Crippen molar-refractivity contribution in [2.24, 2.45) is 0 Å². The van der Waals surface area contributed by atoms with E-state index in [0.717, 1.165) is 23.5 Å². The number of thiophene rings is 1. The number of nitrogens with one attached hydrogen (secondary N) is 1. The summed E-state index contributed by atoms with van der Waals surface area (Å²) >= 11 is 13.5. The average Bonchev–Trinajstić information content (AvgIpc) is 2.88. The van der Waals surface area contributed by atoms with Gasteiger partial charge >= 0.3 is 0 Å². The van der Waals surface area contributed by atoms with E-state index in [0.29, 0.717) is 8.67 Å². The topological polar surface area (TPSA) is 25.2 Å². The van der Waals surface area contributed by atoms with Gasteiger partial charge in [0.05, 0.1) is 14.7 Å². The molecule has 1 unspecified atom stereocenters. The lowest BCUT2D eigenvalue weighted by atomic mass is 10.1. The second-order valence-electron chi connectivity index (χ2n) is 3.66. The van der Waals surface area contributed by atoms with Gasteiger partial charge in [0.25, 0.3) is 0 Å². The third kappa shape index (κ3) is 2.68. The fraction of sp³-hybridized carbons (Fsp3) is 0.333. The van der Waals surface area contributed by atoms with Gasteiger partial charge in [-0.15, -0.1) is 11.3 Å². The predicted molar refractivity (Wildman–Crippen MR) is 73.3 cm³/mol. The molecule has 92 valence electrons. The monoisotopic (exact) mass is 289 g/mol. The second kappa shape index (κ2) is 5.44. The van der Waals surface area contributed by atoms with Gasteiger partial charge in [-0.25, -0.2) is 0 Å². The number of rotatable bonds is 4. The van der Waals surface area contributed by atoms with E-state index in [1.165, 1.54) is 11.3 Å². The zero-order chi connectivity index (χ0) is 12.4. The summed E-state index contributed by atoms with van der Waals surface area (Å²) < 4.78 is 7.13. The maximum Gasteiger partial charge on any atom is 0.125 e. The van der Waals surface area contributed by atoms with Crippen molar-refractivity contribution < 1.29 is 4.42 Å². The molecular weight excluding hydrogens is 277 g/mol. The van der Waals surface area contributed by atoms with E-state index in [4.69, 9.17) is 27.6 Å². The lowest BCUT2D eigenvalue weighted by Crippen LogP contribution is -2.16. The van der Waals surface area contributed by atoms with E-state index in [1.54, 1.807) is 0 Å². The van der Waals surface area contributed by atoms with E-state index < -0.39 is 0 Å². The van der Waals surface area contributed by atoms with Gasteiger partial charge in [0.1, 0.15) is 11.5 Å². The quantitative estimate of drug-likeness (QED) is 0.895. The van der Waals surface area contributed by atoms with Crippen LogP contribution in [0.3, 0.4) is 0 Å². The molecule has 1 atom stereocenters. The van der Waals surface area contributed by atoms with Crippen LogP contribution in [0.15, 0.2) is 22.6 Å². The normalized spacial score (nSPS) is 12.9. The Balaban J connectivity index is 2.36. The summed E-state index contributed by atoms with van der Waals surface area (Å²) in [5.74, 6) is 1.83. The van der Waals surface area contributed by atoms with Crippen LogP contribution < -0.4 is 5.32 Å². The summed E-state index contributed by atoms with van der Waals surface area (Å²) in [6, 6.07) is 5.79. The lowest BCUT2D eigenvalue weighted by molar-refractivity contribution is 0.434. The molecule has 0 fully saturated rings. The number of hydrogen-bond acceptors (Lipinski definition) is 3. The number of halogens is 2. The molecule has 0 saturated heterocycles. The Hall–Kier alpha value is -0.480. The van der Waals surface area contributed by atoms with Crippen molar-refractivity contribution in [2.45, 2.75) is 19.4 Å². The van der Waals surface area contributed by atoms with Gasteiger partial charge in [0.2, 0.25) is 0 Å². The van der Waals surface area contributed by atoms with Crippen LogP contribution in [0.25, 0.3) is 0 Å². The lowest BCUT2D eigenvalue weighted by Gasteiger charge is -2.12. The molecule has 0 aliphatic rings. The summed E-state index contributed by atoms with van der Waals surface area (Å²) in [5.41, 5.74) is 0.959. The molecule has 0 spiro atoms. The largest absolute Gasteiger partial charge is 0.464 e. The first kappa shape index (κ1) is 13.0. The number of aryl methyl sites for hydroxylation is 1. The molecule has 2 nitrogen and oxygen atoms in total. The van der Waals surface area contributed by atoms with Gasteiger partial charge in [-0.1, -0.05) is 30.1 Å². The van der Waals surface area contributed by atoms with Crippen LogP contribution in [-0.4, -0.2) is 7.05 Å². The van der Waals surface area contributed by atoms with Crippen LogP contribution in [-0.2, 0) is 6.42 Å². The molecule has 17 heavy (non-hydrogen) atoms. The van der Waals surface area contributed by atoms with Crippen LogP contribution in [0.4, 0.5) is 0 Å². The average molecular weight is 290 g/mol. The molecule has 0 bridgehead atoms. The van der Waals surface area contributed by atoms with Crippen molar-refractivity contribution in [3.05, 3.63) is 44.0 Å². The molecule has 0 aromatic carbocycles. The SMILES string of the molecule is CCc1ccc(C(NC)c2cc(Cl)sc2Cl)o1. The van der Waals surface area contributed by atoms with Crippen molar-refractivity contribution in [1.29, 1.82) is 0 Å². The van der Waals surface area contributed by atoms with Crippen LogP contribution in [0.2, 0.25) is 8.67 Å². The number of furan rings is 1. The van der Waals surface area contributed by atoms with Crippen molar-refractivity contribution in [3.63, 3.8) is 0 Å². The highest BCUT2D eigenvalue weighted by Crippen LogP contribution is 2.37. The predicted octanol–water partition coefficient (Wildman–Crippen LogP) is 4.52. The first-order valence-corrected chi connectivity index (χ1v) is 6.93. The minimum Gasteiger partial charge on any atom is -0.464 e. The Morgan fingerprint density at radius 1 is 1.41 bits per heavy atom. The Labute approximate surface area is 115 Å². The van der Waals surface area contributed by atoms with E-state index in [1.807, 2.05) is 25.2 Å². The maximum absolute atomic E-state index is 6.16. The second-order valence-corrected chi connectivity index (χ2v) is 5.94. The molecule has 0 aliphatic heterocycles. The standard InChI is InChI=1S/C12H13Cl2NOS/c1-3-7-4-5-9(16-7)11(15-2)8-6-10(13)17-12(8)14/h4-6,11,15H,3H2,1-2H3. The van der Waals surface area contributed by atoms with Gasteiger partial charge in [-0.3, -0.25) is 0 Å². The highest BCUT2D eigenvalue weighted by atomic mass is 35.5. The molecule has 2 heterocycles. The highest BCUT2D eigenvalue weighted by Gasteiger charge is 2.20. The summed E-state index contributed by atoms with van der Waals surface area (Å²) in [6.07, 6.45) is 0.883. The number of hydrogen-bond donors (Lipinski definition) is 1. The zero-order valence-corrected chi connectivity index (χ0v) is 11.9. The van der Waals surface area contributed by atoms with Gasteiger partial charge in [0.15, 0.2) is 0 Å². The zero-order valence-electron chi connectivity index (χ0n) is 9.59. The molecule has 2 aromatic heterocycles. The molecule has 0 aliphatic carbocycles. The molecule has 1 N–H and O–H groups in total. The smallest absolute Gasteiger partial charge is 0.125 e. The van der Waals surface area contributed by atoms with Crippen LogP contribution in [0.1, 0.15) is 30.0 Å². The molecule has 2 rings (SSSR count). The third-order valence-electron chi connectivity index (χ3n) is 2.60. The molecule has 5 heteroatoms. The van der Waals surface area contributed by atoms with Gasteiger partial charge in [-0.2, -0.15) is 0 Å². The maximum atomic E-state index is 6.16. The summed E-state index contributed by atoms with van der Waals surface area (Å²) in [5, 5.41) is 3.20. The minimum atomic E-state index is -0.0495. The van der Waals surface area contributed by atoms with Crippen molar-refractivity contribution in [1.82, 2.24) is 5.32 Å². The van der Waals surface area contributed by atoms with Crippen molar-refractivity contribution in [2.75, 3.05) is 7.05 Å². The molecule has 0 amide bonds. The Morgan fingerprint density at radius 3 is 2.65 bits per heavy atom. The minimum absolute atomic E-state index is 0.0495. The first-order valence-electron chi connectivity index (χ1n) is 5.36. The van der Waals surface area contributed by atoms with Gasteiger partial charge < -0.3 is 9.73 Å². The van der Waals surface area contributed by atoms with Crippen LogP contribution >= 0.6 is 34.5 Å². The fourth-order valence-electron chi connectivity index (χ4n) is 1.74. The highest BCUT2D eigenvalue weighted by molar-refractivity contribution is 7.20. The Morgan fingerprint density at radius 2 is 2.18 bits per heavy atom. The summed E-state index contributed by atoms with van der Waals surface area (Å²) in [7, 11) is 1.88. The van der Waals surface area contributed by atoms with Crippen molar-refractivity contribution >= 4 is 34.5 Å². The molecular formula is C12H13Cl2NOS. The summed E-state index contributed by atoms with van der Waals surface area (Å²) in [6.45, 7) is 2.06. The third-order valence-corrected chi connectivity index (χ3v) is 4.12. The molecule has 2 aromatic rings. The summed E-state index contributed by atoms with van der Waals surface area (Å²) in [4.78, 5) is 0. The first-order chi connectivity index (χ1) is 8.15. The van der Waals surface area contributed by atoms with E-state index in [-0.39, 0.29) is 6.04 Å². The van der Waals surface area contributed by atoms with E-state index in [2.05, 4.69) is 12.2 Å². The fourth-order valence-corrected chi connectivity index (χ4v) is 3.27. The van der Waals surface area contributed by atoms with E-state index in [9.17, 15) is 0 Å².